The van der Waals surface area contributed by atoms with Crippen molar-refractivity contribution in [2.45, 2.75) is 25.3 Å². The average Bonchev–Trinajstić information content (AvgIpc) is 3.41. The minimum atomic E-state index is 0.534. The molecular weight excluding hydrogens is 308 g/mol. The summed E-state index contributed by atoms with van der Waals surface area (Å²) in [6, 6.07) is 12.6. The van der Waals surface area contributed by atoms with E-state index in [4.69, 9.17) is 16.6 Å². The zero-order chi connectivity index (χ0) is 15.6. The van der Waals surface area contributed by atoms with Crippen molar-refractivity contribution in [1.29, 1.82) is 0 Å². The van der Waals surface area contributed by atoms with Gasteiger partial charge in [-0.3, -0.25) is 4.90 Å². The molecule has 2 fully saturated rings. The maximum atomic E-state index is 6.19. The summed E-state index contributed by atoms with van der Waals surface area (Å²) in [4.78, 5) is 13.9. The third-order valence-electron chi connectivity index (χ3n) is 4.59. The van der Waals surface area contributed by atoms with E-state index in [1.807, 2.05) is 6.07 Å². The molecule has 2 aliphatic rings. The Bertz CT molecular complexity index is 664. The molecule has 1 aromatic carbocycles. The molecule has 0 bridgehead atoms. The van der Waals surface area contributed by atoms with Gasteiger partial charge < -0.3 is 4.90 Å². The van der Waals surface area contributed by atoms with Crippen LogP contribution >= 0.6 is 11.6 Å². The molecule has 1 aliphatic carbocycles. The number of benzene rings is 1. The van der Waals surface area contributed by atoms with Gasteiger partial charge in [0.1, 0.15) is 16.8 Å². The molecule has 4 nitrogen and oxygen atoms in total. The lowest BCUT2D eigenvalue weighted by Crippen LogP contribution is -2.46. The Morgan fingerprint density at radius 3 is 2.43 bits per heavy atom. The fourth-order valence-electron chi connectivity index (χ4n) is 3.09. The van der Waals surface area contributed by atoms with Crippen LogP contribution in [0, 0.1) is 0 Å². The van der Waals surface area contributed by atoms with Crippen molar-refractivity contribution in [1.82, 2.24) is 14.9 Å². The fourth-order valence-corrected chi connectivity index (χ4v) is 3.27. The average molecular weight is 329 g/mol. The Morgan fingerprint density at radius 1 is 1.00 bits per heavy atom. The first-order valence-corrected chi connectivity index (χ1v) is 8.71. The van der Waals surface area contributed by atoms with Crippen molar-refractivity contribution < 1.29 is 0 Å². The maximum absolute atomic E-state index is 6.19. The molecule has 1 aromatic heterocycles. The fraction of sp³-hybridized carbons (Fsp3) is 0.444. The number of rotatable bonds is 4. The number of piperazine rings is 1. The lowest BCUT2D eigenvalue weighted by molar-refractivity contribution is 0.249. The molecule has 1 aliphatic heterocycles. The normalized spacial score (nSPS) is 19.1. The highest BCUT2D eigenvalue weighted by atomic mass is 35.5. The third kappa shape index (κ3) is 3.65. The minimum Gasteiger partial charge on any atom is -0.354 e. The van der Waals surface area contributed by atoms with Crippen LogP contribution in [0.15, 0.2) is 36.4 Å². The Hall–Kier alpha value is -1.65. The summed E-state index contributed by atoms with van der Waals surface area (Å²) in [7, 11) is 0. The van der Waals surface area contributed by atoms with Gasteiger partial charge in [-0.05, 0) is 18.4 Å². The summed E-state index contributed by atoms with van der Waals surface area (Å²) < 4.78 is 0. The molecule has 0 spiro atoms. The molecule has 4 rings (SSSR count). The molecule has 23 heavy (non-hydrogen) atoms. The third-order valence-corrected chi connectivity index (χ3v) is 4.78. The van der Waals surface area contributed by atoms with E-state index in [2.05, 4.69) is 45.1 Å². The van der Waals surface area contributed by atoms with Crippen LogP contribution in [-0.2, 0) is 6.54 Å². The van der Waals surface area contributed by atoms with Crippen molar-refractivity contribution in [3.8, 4) is 0 Å². The molecule has 120 valence electrons. The van der Waals surface area contributed by atoms with Crippen molar-refractivity contribution in [2.24, 2.45) is 0 Å². The first kappa shape index (κ1) is 14.9. The molecule has 1 saturated carbocycles. The Labute approximate surface area is 142 Å². The van der Waals surface area contributed by atoms with Gasteiger partial charge in [0.15, 0.2) is 0 Å². The Balaban J connectivity index is 1.39. The highest BCUT2D eigenvalue weighted by Crippen LogP contribution is 2.39. The van der Waals surface area contributed by atoms with E-state index in [1.165, 1.54) is 18.4 Å². The van der Waals surface area contributed by atoms with Crippen molar-refractivity contribution in [2.75, 3.05) is 31.1 Å². The van der Waals surface area contributed by atoms with E-state index in [-0.39, 0.29) is 0 Å². The van der Waals surface area contributed by atoms with Crippen LogP contribution in [-0.4, -0.2) is 41.0 Å². The van der Waals surface area contributed by atoms with E-state index < -0.39 is 0 Å². The number of nitrogens with zero attached hydrogens (tertiary/aromatic N) is 4. The zero-order valence-electron chi connectivity index (χ0n) is 13.2. The molecule has 1 saturated heterocycles. The summed E-state index contributed by atoms with van der Waals surface area (Å²) in [5, 5.41) is 0.573. The Kier molecular flexibility index (Phi) is 4.19. The highest BCUT2D eigenvalue weighted by Gasteiger charge is 2.28. The van der Waals surface area contributed by atoms with E-state index in [1.54, 1.807) is 0 Å². The molecule has 0 atom stereocenters. The van der Waals surface area contributed by atoms with Crippen LogP contribution in [0.2, 0.25) is 5.15 Å². The largest absolute Gasteiger partial charge is 0.354 e. The van der Waals surface area contributed by atoms with E-state index in [0.717, 1.165) is 44.4 Å². The van der Waals surface area contributed by atoms with Gasteiger partial charge >= 0.3 is 0 Å². The molecule has 5 heteroatoms. The lowest BCUT2D eigenvalue weighted by Gasteiger charge is -2.35. The summed E-state index contributed by atoms with van der Waals surface area (Å²) in [5.74, 6) is 2.46. The highest BCUT2D eigenvalue weighted by molar-refractivity contribution is 6.29. The van der Waals surface area contributed by atoms with Gasteiger partial charge in [-0.1, -0.05) is 41.9 Å². The topological polar surface area (TPSA) is 32.3 Å². The van der Waals surface area contributed by atoms with Crippen molar-refractivity contribution >= 4 is 17.4 Å². The summed E-state index contributed by atoms with van der Waals surface area (Å²) in [6.45, 7) is 5.10. The number of hydrogen-bond acceptors (Lipinski definition) is 4. The quantitative estimate of drug-likeness (QED) is 0.806. The molecule has 2 aromatic rings. The smallest absolute Gasteiger partial charge is 0.135 e. The van der Waals surface area contributed by atoms with E-state index >= 15 is 0 Å². The van der Waals surface area contributed by atoms with Gasteiger partial charge in [-0.25, -0.2) is 9.97 Å². The minimum absolute atomic E-state index is 0.534. The van der Waals surface area contributed by atoms with Gasteiger partial charge in [-0.2, -0.15) is 0 Å². The number of anilines is 1. The van der Waals surface area contributed by atoms with Gasteiger partial charge in [0.25, 0.3) is 0 Å². The molecule has 0 radical (unpaired) electrons. The number of aromatic nitrogens is 2. The molecule has 0 N–H and O–H groups in total. The zero-order valence-corrected chi connectivity index (χ0v) is 13.9. The van der Waals surface area contributed by atoms with E-state index in [9.17, 15) is 0 Å². The van der Waals surface area contributed by atoms with E-state index in [0.29, 0.717) is 11.1 Å². The van der Waals surface area contributed by atoms with Crippen LogP contribution < -0.4 is 4.90 Å². The first-order chi connectivity index (χ1) is 11.3. The van der Waals surface area contributed by atoms with Gasteiger partial charge in [-0.15, -0.1) is 0 Å². The van der Waals surface area contributed by atoms with Crippen LogP contribution in [0.1, 0.15) is 30.1 Å². The predicted molar refractivity (Wildman–Crippen MR) is 92.9 cm³/mol. The summed E-state index contributed by atoms with van der Waals surface area (Å²) in [6.07, 6.45) is 2.40. The van der Waals surface area contributed by atoms with Crippen LogP contribution in [0.5, 0.6) is 0 Å². The molecule has 2 heterocycles. The maximum Gasteiger partial charge on any atom is 0.135 e. The van der Waals surface area contributed by atoms with Crippen molar-refractivity contribution in [3.63, 3.8) is 0 Å². The van der Waals surface area contributed by atoms with Crippen molar-refractivity contribution in [3.05, 3.63) is 52.9 Å². The second kappa shape index (κ2) is 6.46. The van der Waals surface area contributed by atoms with Crippen LogP contribution in [0.4, 0.5) is 5.82 Å². The standard InChI is InChI=1S/C18H21ClN4/c19-16-12-17(21-18(20-16)15-6-7-15)23-10-8-22(9-11-23)13-14-4-2-1-3-5-14/h1-5,12,15H,6-11,13H2. The summed E-state index contributed by atoms with van der Waals surface area (Å²) >= 11 is 6.19. The molecule has 0 amide bonds. The van der Waals surface area contributed by atoms with Gasteiger partial charge in [0, 0.05) is 44.7 Å². The van der Waals surface area contributed by atoms with Gasteiger partial charge in [0.05, 0.1) is 0 Å². The first-order valence-electron chi connectivity index (χ1n) is 8.33. The summed E-state index contributed by atoms with van der Waals surface area (Å²) in [5.41, 5.74) is 1.38. The SMILES string of the molecule is Clc1cc(N2CCN(Cc3ccccc3)CC2)nc(C2CC2)n1. The molecular formula is C18H21ClN4. The molecule has 0 unspecified atom stereocenters. The second-order valence-electron chi connectivity index (χ2n) is 6.43. The van der Waals surface area contributed by atoms with Gasteiger partial charge in [0.2, 0.25) is 0 Å². The second-order valence-corrected chi connectivity index (χ2v) is 6.82. The monoisotopic (exact) mass is 328 g/mol. The van der Waals surface area contributed by atoms with Crippen LogP contribution in [0.25, 0.3) is 0 Å². The van der Waals surface area contributed by atoms with Crippen LogP contribution in [0.3, 0.4) is 0 Å². The Morgan fingerprint density at radius 2 is 1.74 bits per heavy atom. The number of halogens is 1. The lowest BCUT2D eigenvalue weighted by atomic mass is 10.2. The predicted octanol–water partition coefficient (Wildman–Crippen LogP) is 3.33. The number of hydrogen-bond donors (Lipinski definition) is 0.